The number of hydrogen-bond acceptors (Lipinski definition) is 3. The zero-order valence-corrected chi connectivity index (χ0v) is 15.2. The molecule has 2 rings (SSSR count). The van der Waals surface area contributed by atoms with Crippen LogP contribution in [0.5, 0.6) is 0 Å². The summed E-state index contributed by atoms with van der Waals surface area (Å²) >= 11 is 2.35. The van der Waals surface area contributed by atoms with Crippen LogP contribution < -0.4 is 10.6 Å². The van der Waals surface area contributed by atoms with Gasteiger partial charge in [-0.05, 0) is 80.8 Å². The minimum atomic E-state index is -0.440. The van der Waals surface area contributed by atoms with Crippen molar-refractivity contribution in [3.8, 4) is 0 Å². The Morgan fingerprint density at radius 2 is 1.95 bits per heavy atom. The summed E-state index contributed by atoms with van der Waals surface area (Å²) in [5.74, 6) is 0. The van der Waals surface area contributed by atoms with E-state index in [9.17, 15) is 4.79 Å². The van der Waals surface area contributed by atoms with Crippen molar-refractivity contribution in [2.45, 2.75) is 58.2 Å². The molecular weight excluding hydrogens is 379 g/mol. The Balaban J connectivity index is 1.74. The summed E-state index contributed by atoms with van der Waals surface area (Å²) in [6, 6.07) is 7.01. The second kappa shape index (κ2) is 6.42. The first kappa shape index (κ1) is 16.4. The zero-order valence-electron chi connectivity index (χ0n) is 13.0. The number of nitrogens with one attached hydrogen (secondary N) is 2. The van der Waals surface area contributed by atoms with E-state index in [1.54, 1.807) is 0 Å². The average molecular weight is 402 g/mol. The molecule has 21 heavy (non-hydrogen) atoms. The standard InChI is InChI=1S/C16H23IN2O2/c1-10-5-6-11(9-14(10)17)18-12-7-13(8-12)19-15(20)21-16(2,3)4/h5-6,9,12-13,18H,7-8H2,1-4H3,(H,19,20). The molecule has 0 heterocycles. The molecule has 1 fully saturated rings. The molecule has 5 heteroatoms. The summed E-state index contributed by atoms with van der Waals surface area (Å²) in [5, 5.41) is 6.41. The number of rotatable bonds is 3. The van der Waals surface area contributed by atoms with E-state index >= 15 is 0 Å². The molecule has 1 aromatic rings. The van der Waals surface area contributed by atoms with Crippen molar-refractivity contribution in [2.24, 2.45) is 0 Å². The van der Waals surface area contributed by atoms with Crippen molar-refractivity contribution in [2.75, 3.05) is 5.32 Å². The van der Waals surface area contributed by atoms with Gasteiger partial charge in [0.1, 0.15) is 5.60 Å². The number of benzene rings is 1. The number of amides is 1. The molecule has 4 nitrogen and oxygen atoms in total. The van der Waals surface area contributed by atoms with Gasteiger partial charge in [-0.15, -0.1) is 0 Å². The number of carbonyl (C=O) groups excluding carboxylic acids is 1. The van der Waals surface area contributed by atoms with Gasteiger partial charge in [-0.1, -0.05) is 6.07 Å². The molecule has 0 saturated heterocycles. The summed E-state index contributed by atoms with van der Waals surface area (Å²) in [6.45, 7) is 7.72. The van der Waals surface area contributed by atoms with Gasteiger partial charge in [0.25, 0.3) is 0 Å². The van der Waals surface area contributed by atoms with Crippen LogP contribution in [0.1, 0.15) is 39.2 Å². The molecule has 1 aromatic carbocycles. The lowest BCUT2D eigenvalue weighted by Crippen LogP contribution is -2.50. The number of anilines is 1. The molecule has 0 aliphatic heterocycles. The molecule has 1 saturated carbocycles. The topological polar surface area (TPSA) is 50.4 Å². The SMILES string of the molecule is Cc1ccc(NC2CC(NC(=O)OC(C)(C)C)C2)cc1I. The lowest BCUT2D eigenvalue weighted by molar-refractivity contribution is 0.0475. The van der Waals surface area contributed by atoms with Crippen molar-refractivity contribution in [1.82, 2.24) is 5.32 Å². The molecule has 116 valence electrons. The minimum Gasteiger partial charge on any atom is -0.444 e. The van der Waals surface area contributed by atoms with Gasteiger partial charge in [-0.25, -0.2) is 4.79 Å². The first-order valence-electron chi connectivity index (χ1n) is 7.25. The van der Waals surface area contributed by atoms with E-state index in [0.717, 1.165) is 18.5 Å². The minimum absolute atomic E-state index is 0.210. The summed E-state index contributed by atoms with van der Waals surface area (Å²) in [6.07, 6.45) is 1.55. The lowest BCUT2D eigenvalue weighted by atomic mass is 9.86. The zero-order chi connectivity index (χ0) is 15.6. The van der Waals surface area contributed by atoms with Crippen LogP contribution in [0.15, 0.2) is 18.2 Å². The third-order valence-corrected chi connectivity index (χ3v) is 4.56. The Kier molecular flexibility index (Phi) is 5.01. The predicted octanol–water partition coefficient (Wildman–Crippen LogP) is 4.07. The first-order chi connectivity index (χ1) is 9.73. The quantitative estimate of drug-likeness (QED) is 0.750. The molecule has 2 N–H and O–H groups in total. The van der Waals surface area contributed by atoms with Gasteiger partial charge in [0.15, 0.2) is 0 Å². The number of carbonyl (C=O) groups is 1. The smallest absolute Gasteiger partial charge is 0.407 e. The second-order valence-corrected chi connectivity index (χ2v) is 7.78. The third kappa shape index (κ3) is 5.05. The molecule has 0 aromatic heterocycles. The Bertz CT molecular complexity index is 519. The second-order valence-electron chi connectivity index (χ2n) is 6.62. The molecule has 0 bridgehead atoms. The molecular formula is C16H23IN2O2. The molecule has 0 spiro atoms. The number of hydrogen-bond donors (Lipinski definition) is 2. The third-order valence-electron chi connectivity index (χ3n) is 3.40. The Morgan fingerprint density at radius 1 is 1.29 bits per heavy atom. The summed E-state index contributed by atoms with van der Waals surface area (Å²) in [5.41, 5.74) is 1.99. The normalized spacial score (nSPS) is 21.4. The molecule has 1 amide bonds. The number of halogens is 1. The maximum Gasteiger partial charge on any atom is 0.407 e. The van der Waals surface area contributed by atoms with Crippen LogP contribution in [0.2, 0.25) is 0 Å². The van der Waals surface area contributed by atoms with E-state index in [-0.39, 0.29) is 12.1 Å². The van der Waals surface area contributed by atoms with Crippen LogP contribution in [-0.2, 0) is 4.74 Å². The highest BCUT2D eigenvalue weighted by atomic mass is 127. The van der Waals surface area contributed by atoms with Crippen molar-refractivity contribution in [3.05, 3.63) is 27.3 Å². The fraction of sp³-hybridized carbons (Fsp3) is 0.562. The van der Waals surface area contributed by atoms with E-state index in [4.69, 9.17) is 4.74 Å². The Hall–Kier alpha value is -0.980. The number of alkyl carbamates (subject to hydrolysis) is 1. The summed E-state index contributed by atoms with van der Waals surface area (Å²) < 4.78 is 6.52. The number of ether oxygens (including phenoxy) is 1. The van der Waals surface area contributed by atoms with Crippen LogP contribution in [0.3, 0.4) is 0 Å². The number of aryl methyl sites for hydroxylation is 1. The molecule has 1 aliphatic rings. The van der Waals surface area contributed by atoms with Crippen LogP contribution in [-0.4, -0.2) is 23.8 Å². The summed E-state index contributed by atoms with van der Waals surface area (Å²) in [7, 11) is 0. The Labute approximate surface area is 140 Å². The van der Waals surface area contributed by atoms with Crippen LogP contribution in [0, 0.1) is 10.5 Å². The fourth-order valence-corrected chi connectivity index (χ4v) is 2.76. The fourth-order valence-electron chi connectivity index (χ4n) is 2.25. The van der Waals surface area contributed by atoms with Crippen LogP contribution >= 0.6 is 22.6 Å². The average Bonchev–Trinajstić information content (AvgIpc) is 2.28. The van der Waals surface area contributed by atoms with Gasteiger partial charge < -0.3 is 15.4 Å². The van der Waals surface area contributed by atoms with Gasteiger partial charge in [0.05, 0.1) is 0 Å². The van der Waals surface area contributed by atoms with E-state index < -0.39 is 5.60 Å². The van der Waals surface area contributed by atoms with Gasteiger partial charge >= 0.3 is 6.09 Å². The van der Waals surface area contributed by atoms with Gasteiger partial charge in [0, 0.05) is 21.3 Å². The highest BCUT2D eigenvalue weighted by Gasteiger charge is 2.31. The molecule has 0 unspecified atom stereocenters. The van der Waals surface area contributed by atoms with Gasteiger partial charge in [-0.3, -0.25) is 0 Å². The van der Waals surface area contributed by atoms with Crippen LogP contribution in [0.25, 0.3) is 0 Å². The summed E-state index contributed by atoms with van der Waals surface area (Å²) in [4.78, 5) is 11.7. The van der Waals surface area contributed by atoms with Gasteiger partial charge in [0.2, 0.25) is 0 Å². The van der Waals surface area contributed by atoms with E-state index in [1.807, 2.05) is 20.8 Å². The lowest BCUT2D eigenvalue weighted by Gasteiger charge is -2.37. The van der Waals surface area contributed by atoms with Crippen molar-refractivity contribution in [3.63, 3.8) is 0 Å². The van der Waals surface area contributed by atoms with Crippen molar-refractivity contribution in [1.29, 1.82) is 0 Å². The highest BCUT2D eigenvalue weighted by molar-refractivity contribution is 14.1. The van der Waals surface area contributed by atoms with E-state index in [0.29, 0.717) is 6.04 Å². The van der Waals surface area contributed by atoms with Crippen molar-refractivity contribution >= 4 is 34.4 Å². The molecule has 1 aliphatic carbocycles. The van der Waals surface area contributed by atoms with Gasteiger partial charge in [-0.2, -0.15) is 0 Å². The maximum absolute atomic E-state index is 11.7. The molecule has 0 radical (unpaired) electrons. The largest absolute Gasteiger partial charge is 0.444 e. The maximum atomic E-state index is 11.7. The monoisotopic (exact) mass is 402 g/mol. The highest BCUT2D eigenvalue weighted by Crippen LogP contribution is 2.26. The van der Waals surface area contributed by atoms with Crippen LogP contribution in [0.4, 0.5) is 10.5 Å². The molecule has 0 atom stereocenters. The van der Waals surface area contributed by atoms with E-state index in [1.165, 1.54) is 9.13 Å². The van der Waals surface area contributed by atoms with Crippen molar-refractivity contribution < 1.29 is 9.53 Å². The Morgan fingerprint density at radius 3 is 2.52 bits per heavy atom. The first-order valence-corrected chi connectivity index (χ1v) is 8.33. The van der Waals surface area contributed by atoms with E-state index in [2.05, 4.69) is 58.3 Å². The predicted molar refractivity (Wildman–Crippen MR) is 93.7 cm³/mol.